The van der Waals surface area contributed by atoms with Crippen LogP contribution < -0.4 is 11.2 Å². The number of aliphatic hydroxyl groups is 2. The summed E-state index contributed by atoms with van der Waals surface area (Å²) in [7, 11) is 0. The molecule has 1 unspecified atom stereocenters. The molecule has 114 valence electrons. The third-order valence-electron chi connectivity index (χ3n) is 3.26. The maximum absolute atomic E-state index is 14.7. The van der Waals surface area contributed by atoms with Gasteiger partial charge in [-0.15, -0.1) is 6.42 Å². The first-order valence-corrected chi connectivity index (χ1v) is 5.91. The van der Waals surface area contributed by atoms with E-state index in [1.165, 1.54) is 6.92 Å². The van der Waals surface area contributed by atoms with Crippen molar-refractivity contribution in [2.45, 2.75) is 37.1 Å². The van der Waals surface area contributed by atoms with Crippen LogP contribution in [0.5, 0.6) is 0 Å². The van der Waals surface area contributed by atoms with Crippen LogP contribution in [0.3, 0.4) is 0 Å². The zero-order valence-electron chi connectivity index (χ0n) is 10.8. The highest BCUT2D eigenvalue weighted by molar-refractivity contribution is 5.20. The lowest BCUT2D eigenvalue weighted by Gasteiger charge is -2.23. The lowest BCUT2D eigenvalue weighted by Crippen LogP contribution is -2.46. The summed E-state index contributed by atoms with van der Waals surface area (Å²) in [6.45, 7) is 1.23. The molecule has 0 aliphatic carbocycles. The normalized spacial score (nSPS) is 33.6. The van der Waals surface area contributed by atoms with Gasteiger partial charge in [0.2, 0.25) is 11.5 Å². The third-order valence-corrected chi connectivity index (χ3v) is 3.26. The standard InChI is InChI=1S/C12H12F2N2O5/c1-3-12(14)8(18)7(5(2)17)21-10(12)16-4-6(13)9(19)15-11(16)20/h1,4-5,7-8,10,17-18H,2H3,(H,15,19,20)/t5-,7+,8?,10+,12+/m0/s1. The third kappa shape index (κ3) is 2.27. The molecule has 0 amide bonds. The van der Waals surface area contributed by atoms with Crippen molar-refractivity contribution in [1.82, 2.24) is 9.55 Å². The number of aliphatic hydroxyl groups excluding tert-OH is 2. The Balaban J connectivity index is 2.58. The van der Waals surface area contributed by atoms with Crippen molar-refractivity contribution >= 4 is 0 Å². The SMILES string of the molecule is C#C[C@@]1(F)C(O)[C@@H]([C@H](C)O)O[C@H]1n1cc(F)c(=O)[nH]c1=O. The van der Waals surface area contributed by atoms with Crippen molar-refractivity contribution in [3.8, 4) is 12.3 Å². The second-order valence-electron chi connectivity index (χ2n) is 4.69. The average Bonchev–Trinajstić information content (AvgIpc) is 2.68. The second kappa shape index (κ2) is 5.07. The number of halogens is 2. The lowest BCUT2D eigenvalue weighted by molar-refractivity contribution is -0.0805. The van der Waals surface area contributed by atoms with Crippen molar-refractivity contribution in [2.75, 3.05) is 0 Å². The van der Waals surface area contributed by atoms with Crippen molar-refractivity contribution in [3.05, 3.63) is 32.9 Å². The van der Waals surface area contributed by atoms with Gasteiger partial charge in [-0.3, -0.25) is 14.3 Å². The van der Waals surface area contributed by atoms with Crippen LogP contribution in [0.1, 0.15) is 13.2 Å². The fourth-order valence-corrected chi connectivity index (χ4v) is 2.14. The van der Waals surface area contributed by atoms with Crippen molar-refractivity contribution in [3.63, 3.8) is 0 Å². The largest absolute Gasteiger partial charge is 0.391 e. The van der Waals surface area contributed by atoms with Crippen LogP contribution >= 0.6 is 0 Å². The fourth-order valence-electron chi connectivity index (χ4n) is 2.14. The quantitative estimate of drug-likeness (QED) is 0.586. The molecule has 5 atom stereocenters. The van der Waals surface area contributed by atoms with E-state index >= 15 is 0 Å². The molecule has 0 spiro atoms. The maximum atomic E-state index is 14.7. The van der Waals surface area contributed by atoms with Gasteiger partial charge in [-0.2, -0.15) is 4.39 Å². The molecule has 1 fully saturated rings. The molecule has 21 heavy (non-hydrogen) atoms. The van der Waals surface area contributed by atoms with Gasteiger partial charge in [-0.25, -0.2) is 9.18 Å². The summed E-state index contributed by atoms with van der Waals surface area (Å²) >= 11 is 0. The van der Waals surface area contributed by atoms with E-state index in [4.69, 9.17) is 11.2 Å². The zero-order valence-corrected chi connectivity index (χ0v) is 10.8. The topological polar surface area (TPSA) is 105 Å². The molecule has 7 nitrogen and oxygen atoms in total. The number of terminal acetylenes is 1. The first kappa shape index (κ1) is 15.4. The minimum absolute atomic E-state index is 0.391. The summed E-state index contributed by atoms with van der Waals surface area (Å²) in [5.74, 6) is 0.304. The highest BCUT2D eigenvalue weighted by Crippen LogP contribution is 2.41. The van der Waals surface area contributed by atoms with E-state index in [1.807, 2.05) is 0 Å². The number of rotatable bonds is 2. The van der Waals surface area contributed by atoms with Crippen LogP contribution in [0.2, 0.25) is 0 Å². The first-order chi connectivity index (χ1) is 9.72. The van der Waals surface area contributed by atoms with Gasteiger partial charge in [0.05, 0.1) is 12.3 Å². The molecule has 0 radical (unpaired) electrons. The lowest BCUT2D eigenvalue weighted by atomic mass is 9.95. The number of ether oxygens (including phenoxy) is 1. The van der Waals surface area contributed by atoms with Gasteiger partial charge >= 0.3 is 5.69 Å². The molecule has 1 saturated heterocycles. The Hall–Kier alpha value is -2.02. The molecular weight excluding hydrogens is 290 g/mol. The fraction of sp³-hybridized carbons (Fsp3) is 0.500. The molecule has 3 N–H and O–H groups in total. The van der Waals surface area contributed by atoms with Gasteiger partial charge < -0.3 is 14.9 Å². The Morgan fingerprint density at radius 2 is 2.24 bits per heavy atom. The molecule has 0 bridgehead atoms. The van der Waals surface area contributed by atoms with Gasteiger partial charge in [-0.1, -0.05) is 5.92 Å². The Kier molecular flexibility index (Phi) is 3.71. The molecule has 1 aromatic rings. The molecule has 1 aliphatic rings. The number of nitrogens with zero attached hydrogens (tertiary/aromatic N) is 1. The van der Waals surface area contributed by atoms with Crippen LogP contribution in [0.4, 0.5) is 8.78 Å². The van der Waals surface area contributed by atoms with E-state index in [0.29, 0.717) is 10.8 Å². The summed E-state index contributed by atoms with van der Waals surface area (Å²) in [6.07, 6.45) is -1.08. The van der Waals surface area contributed by atoms with Crippen LogP contribution in [-0.2, 0) is 4.74 Å². The summed E-state index contributed by atoms with van der Waals surface area (Å²) in [6, 6.07) is 0. The number of H-pyrrole nitrogens is 1. The van der Waals surface area contributed by atoms with Crippen LogP contribution in [0, 0.1) is 18.2 Å². The van der Waals surface area contributed by atoms with Gasteiger partial charge in [0.25, 0.3) is 5.56 Å². The van der Waals surface area contributed by atoms with Gasteiger partial charge in [0.15, 0.2) is 6.23 Å². The van der Waals surface area contributed by atoms with E-state index in [9.17, 15) is 28.6 Å². The van der Waals surface area contributed by atoms with Gasteiger partial charge in [0.1, 0.15) is 12.2 Å². The molecule has 2 rings (SSSR count). The van der Waals surface area contributed by atoms with E-state index < -0.39 is 47.3 Å². The van der Waals surface area contributed by atoms with Gasteiger partial charge in [-0.05, 0) is 6.92 Å². The van der Waals surface area contributed by atoms with Crippen molar-refractivity contribution < 1.29 is 23.7 Å². The summed E-state index contributed by atoms with van der Waals surface area (Å²) in [5.41, 5.74) is -5.33. The Bertz CT molecular complexity index is 707. The average molecular weight is 302 g/mol. The first-order valence-electron chi connectivity index (χ1n) is 5.91. The maximum Gasteiger partial charge on any atom is 0.330 e. The predicted octanol–water partition coefficient (Wildman–Crippen LogP) is -1.34. The number of hydrogen-bond donors (Lipinski definition) is 3. The predicted molar refractivity (Wildman–Crippen MR) is 65.6 cm³/mol. The number of alkyl halides is 1. The van der Waals surface area contributed by atoms with Gasteiger partial charge in [0, 0.05) is 0 Å². The highest BCUT2D eigenvalue weighted by atomic mass is 19.1. The summed E-state index contributed by atoms with van der Waals surface area (Å²) in [4.78, 5) is 24.2. The Labute approximate surface area is 116 Å². The molecule has 1 aliphatic heterocycles. The number of hydrogen-bond acceptors (Lipinski definition) is 5. The number of aromatic nitrogens is 2. The van der Waals surface area contributed by atoms with E-state index in [0.717, 1.165) is 0 Å². The summed E-state index contributed by atoms with van der Waals surface area (Å²) in [5, 5.41) is 19.3. The number of aromatic amines is 1. The molecule has 0 saturated carbocycles. The van der Waals surface area contributed by atoms with Crippen molar-refractivity contribution in [2.24, 2.45) is 0 Å². The highest BCUT2D eigenvalue weighted by Gasteiger charge is 2.59. The van der Waals surface area contributed by atoms with E-state index in [1.54, 1.807) is 10.9 Å². The molecule has 9 heteroatoms. The Morgan fingerprint density at radius 1 is 1.62 bits per heavy atom. The van der Waals surface area contributed by atoms with E-state index in [-0.39, 0.29) is 0 Å². The Morgan fingerprint density at radius 3 is 2.76 bits per heavy atom. The molecule has 2 heterocycles. The minimum atomic E-state index is -2.88. The molecule has 0 aromatic carbocycles. The van der Waals surface area contributed by atoms with E-state index in [2.05, 4.69) is 0 Å². The smallest absolute Gasteiger partial charge is 0.330 e. The molecular formula is C12H12F2N2O5. The number of nitrogens with one attached hydrogen (secondary N) is 1. The molecule has 1 aromatic heterocycles. The minimum Gasteiger partial charge on any atom is -0.391 e. The zero-order chi connectivity index (χ0) is 15.9. The monoisotopic (exact) mass is 302 g/mol. The van der Waals surface area contributed by atoms with Crippen molar-refractivity contribution in [1.29, 1.82) is 0 Å². The van der Waals surface area contributed by atoms with Crippen LogP contribution in [0.15, 0.2) is 15.8 Å². The van der Waals surface area contributed by atoms with Crippen LogP contribution in [-0.4, -0.2) is 43.7 Å². The summed E-state index contributed by atoms with van der Waals surface area (Å²) < 4.78 is 33.4. The van der Waals surface area contributed by atoms with Crippen LogP contribution in [0.25, 0.3) is 0 Å². The second-order valence-corrected chi connectivity index (χ2v) is 4.69.